The SMILES string of the molecule is COc1nc(N2CCC(N3CCN(C)CC3)CC2)c(Cl)cc1Nc1ncc(Br)c(Nc2ccc3nccnc3c2P(C)C)n1. The first kappa shape index (κ1) is 31.1. The van der Waals surface area contributed by atoms with Gasteiger partial charge in [0, 0.05) is 74.9 Å². The molecule has 2 fully saturated rings. The average Bonchev–Trinajstić information content (AvgIpc) is 3.03. The molecule has 0 bridgehead atoms. The van der Waals surface area contributed by atoms with Gasteiger partial charge in [-0.25, -0.2) is 4.98 Å². The van der Waals surface area contributed by atoms with Gasteiger partial charge >= 0.3 is 0 Å². The monoisotopic (exact) mass is 698 g/mol. The van der Waals surface area contributed by atoms with Crippen LogP contribution in [-0.2, 0) is 0 Å². The molecule has 44 heavy (non-hydrogen) atoms. The molecule has 6 rings (SSSR count). The van der Waals surface area contributed by atoms with Gasteiger partial charge in [-0.15, -0.1) is 0 Å². The molecule has 5 heterocycles. The summed E-state index contributed by atoms with van der Waals surface area (Å²) < 4.78 is 6.43. The molecule has 2 saturated heterocycles. The molecule has 2 aliphatic rings. The number of ether oxygens (including phenoxy) is 1. The van der Waals surface area contributed by atoms with Crippen LogP contribution in [0.4, 0.5) is 29.0 Å². The van der Waals surface area contributed by atoms with Crippen molar-refractivity contribution in [2.45, 2.75) is 18.9 Å². The zero-order valence-corrected chi connectivity index (χ0v) is 28.6. The van der Waals surface area contributed by atoms with Gasteiger partial charge in [-0.05, 0) is 67.3 Å². The number of fused-ring (bicyclic) bond motifs is 1. The van der Waals surface area contributed by atoms with E-state index in [0.717, 1.165) is 84.4 Å². The minimum atomic E-state index is -0.483. The highest BCUT2D eigenvalue weighted by Gasteiger charge is 2.28. The average molecular weight is 700 g/mol. The van der Waals surface area contributed by atoms with E-state index in [9.17, 15) is 0 Å². The van der Waals surface area contributed by atoms with Crippen LogP contribution >= 0.6 is 35.5 Å². The molecule has 11 nitrogen and oxygen atoms in total. The normalized spacial score (nSPS) is 16.9. The van der Waals surface area contributed by atoms with E-state index in [2.05, 4.69) is 76.6 Å². The van der Waals surface area contributed by atoms with E-state index in [4.69, 9.17) is 26.3 Å². The summed E-state index contributed by atoms with van der Waals surface area (Å²) in [6.45, 7) is 10.8. The Morgan fingerprint density at radius 3 is 2.43 bits per heavy atom. The van der Waals surface area contributed by atoms with Crippen LogP contribution < -0.4 is 25.6 Å². The first-order chi connectivity index (χ1) is 21.3. The zero-order valence-electron chi connectivity index (χ0n) is 25.4. The number of nitrogens with one attached hydrogen (secondary N) is 2. The molecule has 1 aromatic carbocycles. The summed E-state index contributed by atoms with van der Waals surface area (Å²) in [6.07, 6.45) is 7.34. The second-order valence-corrected chi connectivity index (χ2v) is 14.8. The standard InChI is InChI=1S/C30H37BrClN10OP/c1-40-13-15-41(16-14-40)19-7-11-42(12-8-19)28-21(32)17-24(29(39-28)43-2)37-30-35-18-20(31)27(38-30)36-23-6-5-22-25(26(23)44(3)4)34-10-9-33-22/h5-6,9-10,17-19H,7-8,11-16H2,1-4H3,(H2,35,36,37,38). The van der Waals surface area contributed by atoms with Crippen molar-refractivity contribution in [1.82, 2.24) is 34.7 Å². The Morgan fingerprint density at radius 1 is 0.955 bits per heavy atom. The lowest BCUT2D eigenvalue weighted by atomic mass is 10.0. The summed E-state index contributed by atoms with van der Waals surface area (Å²) in [6, 6.07) is 6.44. The Labute approximate surface area is 272 Å². The molecule has 0 aliphatic carbocycles. The van der Waals surface area contributed by atoms with Crippen molar-refractivity contribution in [1.29, 1.82) is 0 Å². The van der Waals surface area contributed by atoms with Gasteiger partial charge < -0.3 is 25.2 Å². The Morgan fingerprint density at radius 2 is 1.70 bits per heavy atom. The van der Waals surface area contributed by atoms with Gasteiger partial charge in [0.25, 0.3) is 0 Å². The fourth-order valence-electron chi connectivity index (χ4n) is 5.90. The Hall–Kier alpha value is -2.89. The van der Waals surface area contributed by atoms with Crippen LogP contribution in [0, 0.1) is 0 Å². The first-order valence-electron chi connectivity index (χ1n) is 14.7. The third-order valence-corrected chi connectivity index (χ3v) is 10.4. The molecule has 232 valence electrons. The van der Waals surface area contributed by atoms with Crippen LogP contribution in [0.2, 0.25) is 5.02 Å². The number of rotatable bonds is 8. The number of benzene rings is 1. The highest BCUT2D eigenvalue weighted by atomic mass is 79.9. The summed E-state index contributed by atoms with van der Waals surface area (Å²) in [5.41, 5.74) is 3.29. The van der Waals surface area contributed by atoms with Crippen molar-refractivity contribution in [3.05, 3.63) is 46.3 Å². The summed E-state index contributed by atoms with van der Waals surface area (Å²) >= 11 is 10.4. The van der Waals surface area contributed by atoms with Gasteiger partial charge in [0.2, 0.25) is 11.8 Å². The van der Waals surface area contributed by atoms with Crippen molar-refractivity contribution in [2.75, 3.05) is 82.3 Å². The van der Waals surface area contributed by atoms with Crippen LogP contribution in [-0.4, -0.2) is 108 Å². The number of hydrogen-bond acceptors (Lipinski definition) is 11. The lowest BCUT2D eigenvalue weighted by molar-refractivity contribution is 0.0981. The number of pyridine rings is 1. The van der Waals surface area contributed by atoms with E-state index in [0.29, 0.717) is 34.4 Å². The molecule has 3 aromatic heterocycles. The highest BCUT2D eigenvalue weighted by Crippen LogP contribution is 2.37. The zero-order chi connectivity index (χ0) is 30.8. The summed E-state index contributed by atoms with van der Waals surface area (Å²) in [4.78, 5) is 30.5. The van der Waals surface area contributed by atoms with Gasteiger partial charge in [0.15, 0.2) is 5.82 Å². The van der Waals surface area contributed by atoms with Gasteiger partial charge in [0.1, 0.15) is 11.5 Å². The minimum absolute atomic E-state index is 0.380. The van der Waals surface area contributed by atoms with Crippen LogP contribution in [0.15, 0.2) is 41.3 Å². The smallest absolute Gasteiger partial charge is 0.239 e. The summed E-state index contributed by atoms with van der Waals surface area (Å²) in [5, 5.41) is 8.44. The molecule has 0 amide bonds. The van der Waals surface area contributed by atoms with E-state index in [-0.39, 0.29) is 0 Å². The Bertz CT molecular complexity index is 1630. The Kier molecular flexibility index (Phi) is 9.63. The number of anilines is 5. The molecule has 2 aliphatic heterocycles. The molecular weight excluding hydrogens is 663 g/mol. The van der Waals surface area contributed by atoms with E-state index in [1.54, 1.807) is 25.7 Å². The molecule has 0 atom stereocenters. The molecule has 0 radical (unpaired) electrons. The van der Waals surface area contributed by atoms with Crippen molar-refractivity contribution >= 4 is 80.7 Å². The summed E-state index contributed by atoms with van der Waals surface area (Å²) in [5.74, 6) is 2.17. The van der Waals surface area contributed by atoms with Gasteiger partial charge in [-0.2, -0.15) is 9.97 Å². The van der Waals surface area contributed by atoms with E-state index in [1.807, 2.05) is 18.2 Å². The quantitative estimate of drug-likeness (QED) is 0.234. The number of likely N-dealkylation sites (N-methyl/N-ethyl adjacent to an activating group) is 1. The predicted octanol–water partition coefficient (Wildman–Crippen LogP) is 5.31. The van der Waals surface area contributed by atoms with E-state index < -0.39 is 7.92 Å². The van der Waals surface area contributed by atoms with Gasteiger partial charge in [0.05, 0.1) is 27.6 Å². The van der Waals surface area contributed by atoms with Crippen molar-refractivity contribution in [3.8, 4) is 5.88 Å². The van der Waals surface area contributed by atoms with Gasteiger partial charge in [-0.1, -0.05) is 19.5 Å². The third-order valence-electron chi connectivity index (χ3n) is 8.24. The summed E-state index contributed by atoms with van der Waals surface area (Å²) in [7, 11) is 3.32. The molecule has 14 heteroatoms. The van der Waals surface area contributed by atoms with Crippen LogP contribution in [0.1, 0.15) is 12.8 Å². The lowest BCUT2D eigenvalue weighted by Gasteiger charge is -2.42. The maximum atomic E-state index is 6.83. The van der Waals surface area contributed by atoms with Crippen molar-refractivity contribution < 1.29 is 4.74 Å². The topological polar surface area (TPSA) is 107 Å². The molecule has 2 N–H and O–H groups in total. The minimum Gasteiger partial charge on any atom is -0.479 e. The maximum absolute atomic E-state index is 6.83. The first-order valence-corrected chi connectivity index (χ1v) is 18.1. The van der Waals surface area contributed by atoms with Crippen LogP contribution in [0.5, 0.6) is 5.88 Å². The molecule has 0 saturated carbocycles. The number of methoxy groups -OCH3 is 1. The number of hydrogen-bond donors (Lipinski definition) is 2. The fraction of sp³-hybridized carbons (Fsp3) is 0.433. The lowest BCUT2D eigenvalue weighted by Crippen LogP contribution is -2.52. The third kappa shape index (κ3) is 6.70. The molecular formula is C30H37BrClN10OP. The number of piperidine rings is 1. The van der Waals surface area contributed by atoms with Crippen molar-refractivity contribution in [2.24, 2.45) is 0 Å². The molecule has 4 aromatic rings. The largest absolute Gasteiger partial charge is 0.479 e. The van der Waals surface area contributed by atoms with E-state index in [1.165, 1.54) is 0 Å². The number of piperazine rings is 1. The number of aromatic nitrogens is 5. The van der Waals surface area contributed by atoms with Crippen LogP contribution in [0.25, 0.3) is 11.0 Å². The highest BCUT2D eigenvalue weighted by molar-refractivity contribution is 9.10. The number of nitrogens with zero attached hydrogens (tertiary/aromatic N) is 8. The molecule has 0 spiro atoms. The molecule has 0 unspecified atom stereocenters. The van der Waals surface area contributed by atoms with Crippen LogP contribution in [0.3, 0.4) is 0 Å². The predicted molar refractivity (Wildman–Crippen MR) is 184 cm³/mol. The van der Waals surface area contributed by atoms with E-state index >= 15 is 0 Å². The van der Waals surface area contributed by atoms with Crippen molar-refractivity contribution in [3.63, 3.8) is 0 Å². The van der Waals surface area contributed by atoms with Gasteiger partial charge in [-0.3, -0.25) is 14.9 Å². The Balaban J connectivity index is 1.19. The second kappa shape index (κ2) is 13.6. The fourth-order valence-corrected chi connectivity index (χ4v) is 7.67. The second-order valence-electron chi connectivity index (χ2n) is 11.3. The number of halogens is 2. The maximum Gasteiger partial charge on any atom is 0.239 e.